The molecule has 0 radical (unpaired) electrons. The first kappa shape index (κ1) is 15.7. The molecule has 0 bridgehead atoms. The average Bonchev–Trinajstić information content (AvgIpc) is 2.84. The molecule has 0 amide bonds. The minimum absolute atomic E-state index is 0.0741. The second-order valence-electron chi connectivity index (χ2n) is 5.30. The van der Waals surface area contributed by atoms with Gasteiger partial charge in [-0.25, -0.2) is 9.59 Å². The van der Waals surface area contributed by atoms with Crippen molar-refractivity contribution in [3.8, 4) is 16.9 Å². The van der Waals surface area contributed by atoms with Gasteiger partial charge in [0.25, 0.3) is 0 Å². The number of esters is 1. The molecule has 24 heavy (non-hydrogen) atoms. The second kappa shape index (κ2) is 6.16. The van der Waals surface area contributed by atoms with Crippen LogP contribution in [0.15, 0.2) is 36.4 Å². The Labute approximate surface area is 137 Å². The van der Waals surface area contributed by atoms with Crippen molar-refractivity contribution in [2.45, 2.75) is 13.3 Å². The molecule has 2 aromatic rings. The number of fused-ring (bicyclic) bond motifs is 3. The van der Waals surface area contributed by atoms with Crippen LogP contribution in [0.5, 0.6) is 5.75 Å². The van der Waals surface area contributed by atoms with E-state index < -0.39 is 12.1 Å². The summed E-state index contributed by atoms with van der Waals surface area (Å²) < 4.78 is 9.66. The molecule has 6 heteroatoms. The Morgan fingerprint density at radius 3 is 2.33 bits per heavy atom. The van der Waals surface area contributed by atoms with Gasteiger partial charge in [0.2, 0.25) is 0 Å². The Hall–Kier alpha value is -3.15. The number of benzene rings is 2. The molecule has 3 rings (SSSR count). The van der Waals surface area contributed by atoms with Gasteiger partial charge in [-0.05, 0) is 47.9 Å². The Morgan fingerprint density at radius 2 is 1.67 bits per heavy atom. The summed E-state index contributed by atoms with van der Waals surface area (Å²) >= 11 is 0. The van der Waals surface area contributed by atoms with Crippen LogP contribution in [0.4, 0.5) is 4.79 Å². The van der Waals surface area contributed by atoms with Gasteiger partial charge < -0.3 is 14.6 Å². The van der Waals surface area contributed by atoms with Gasteiger partial charge in [-0.1, -0.05) is 13.0 Å². The Morgan fingerprint density at radius 1 is 1.00 bits per heavy atom. The number of carbonyl (C=O) groups is 3. The van der Waals surface area contributed by atoms with Crippen LogP contribution in [0.2, 0.25) is 0 Å². The van der Waals surface area contributed by atoms with E-state index in [4.69, 9.17) is 9.84 Å². The Kier molecular flexibility index (Phi) is 4.04. The molecule has 0 saturated heterocycles. The summed E-state index contributed by atoms with van der Waals surface area (Å²) in [4.78, 5) is 35.1. The normalized spacial score (nSPS) is 11.6. The van der Waals surface area contributed by atoms with Crippen molar-refractivity contribution in [1.82, 2.24) is 0 Å². The van der Waals surface area contributed by atoms with Crippen LogP contribution in [0.1, 0.15) is 39.6 Å². The fraction of sp³-hybridized carbons (Fsp3) is 0.167. The molecule has 2 aromatic carbocycles. The van der Waals surface area contributed by atoms with Crippen molar-refractivity contribution >= 4 is 17.9 Å². The molecule has 0 aliphatic heterocycles. The number of rotatable bonds is 4. The van der Waals surface area contributed by atoms with E-state index in [0.717, 1.165) is 0 Å². The van der Waals surface area contributed by atoms with Crippen LogP contribution < -0.4 is 4.74 Å². The van der Waals surface area contributed by atoms with Gasteiger partial charge in [-0.3, -0.25) is 4.79 Å². The quantitative estimate of drug-likeness (QED) is 0.583. The summed E-state index contributed by atoms with van der Waals surface area (Å²) in [5, 5.41) is 8.66. The van der Waals surface area contributed by atoms with Crippen molar-refractivity contribution in [3.05, 3.63) is 53.1 Å². The van der Waals surface area contributed by atoms with Crippen LogP contribution in [0, 0.1) is 0 Å². The SMILES string of the molecule is CCCOC(=O)c1ccc2c(c1)C(=O)c1cc(OC(=O)O)ccc1-2. The first-order chi connectivity index (χ1) is 11.5. The number of ketones is 1. The number of carboxylic acid groups (broad SMARTS) is 1. The third kappa shape index (κ3) is 2.74. The van der Waals surface area contributed by atoms with Crippen molar-refractivity contribution in [2.75, 3.05) is 6.61 Å². The van der Waals surface area contributed by atoms with Gasteiger partial charge in [-0.15, -0.1) is 0 Å². The van der Waals surface area contributed by atoms with E-state index in [0.29, 0.717) is 40.8 Å². The lowest BCUT2D eigenvalue weighted by atomic mass is 10.0. The first-order valence-corrected chi connectivity index (χ1v) is 7.42. The van der Waals surface area contributed by atoms with E-state index in [1.54, 1.807) is 18.2 Å². The van der Waals surface area contributed by atoms with Crippen LogP contribution in [0.25, 0.3) is 11.1 Å². The van der Waals surface area contributed by atoms with E-state index in [-0.39, 0.29) is 11.5 Å². The average molecular weight is 326 g/mol. The summed E-state index contributed by atoms with van der Waals surface area (Å²) in [7, 11) is 0. The monoisotopic (exact) mass is 326 g/mol. The highest BCUT2D eigenvalue weighted by Crippen LogP contribution is 2.38. The van der Waals surface area contributed by atoms with Crippen LogP contribution in [0.3, 0.4) is 0 Å². The number of hydrogen-bond acceptors (Lipinski definition) is 5. The lowest BCUT2D eigenvalue weighted by molar-refractivity contribution is 0.0505. The Bertz CT molecular complexity index is 853. The standard InChI is InChI=1S/C18H14O6/c1-2-7-23-17(20)10-3-5-12-13-6-4-11(24-18(21)22)9-15(13)16(19)14(12)8-10/h3-6,8-9H,2,7H2,1H3,(H,21,22). The topological polar surface area (TPSA) is 89.9 Å². The second-order valence-corrected chi connectivity index (χ2v) is 5.30. The number of carbonyl (C=O) groups excluding carboxylic acids is 2. The lowest BCUT2D eigenvalue weighted by Crippen LogP contribution is -2.07. The van der Waals surface area contributed by atoms with Gasteiger partial charge in [0.15, 0.2) is 5.78 Å². The minimum atomic E-state index is -1.45. The zero-order valence-electron chi connectivity index (χ0n) is 12.9. The summed E-state index contributed by atoms with van der Waals surface area (Å²) in [5.41, 5.74) is 2.43. The molecule has 1 aliphatic rings. The van der Waals surface area contributed by atoms with E-state index in [1.165, 1.54) is 18.2 Å². The summed E-state index contributed by atoms with van der Waals surface area (Å²) in [6.45, 7) is 2.22. The predicted molar refractivity (Wildman–Crippen MR) is 84.5 cm³/mol. The van der Waals surface area contributed by atoms with Crippen LogP contribution >= 0.6 is 0 Å². The summed E-state index contributed by atoms with van der Waals surface area (Å²) in [5.74, 6) is -0.677. The highest BCUT2D eigenvalue weighted by molar-refractivity contribution is 6.22. The zero-order valence-corrected chi connectivity index (χ0v) is 12.9. The summed E-state index contributed by atoms with van der Waals surface area (Å²) in [6.07, 6.45) is -0.730. The van der Waals surface area contributed by atoms with Crippen LogP contribution in [-0.2, 0) is 4.74 Å². The molecule has 0 unspecified atom stereocenters. The largest absolute Gasteiger partial charge is 0.511 e. The van der Waals surface area contributed by atoms with Crippen molar-refractivity contribution < 1.29 is 29.0 Å². The van der Waals surface area contributed by atoms with Crippen molar-refractivity contribution in [1.29, 1.82) is 0 Å². The van der Waals surface area contributed by atoms with Gasteiger partial charge in [0, 0.05) is 11.1 Å². The maximum atomic E-state index is 12.6. The molecule has 1 aliphatic carbocycles. The molecular weight excluding hydrogens is 312 g/mol. The third-order valence-electron chi connectivity index (χ3n) is 3.67. The maximum absolute atomic E-state index is 12.6. The molecule has 0 atom stereocenters. The number of ether oxygens (including phenoxy) is 2. The molecule has 0 fully saturated rings. The van der Waals surface area contributed by atoms with E-state index in [1.807, 2.05) is 6.92 Å². The molecule has 122 valence electrons. The Balaban J connectivity index is 1.96. The fourth-order valence-electron chi connectivity index (χ4n) is 2.63. The highest BCUT2D eigenvalue weighted by Gasteiger charge is 2.28. The smallest absolute Gasteiger partial charge is 0.462 e. The van der Waals surface area contributed by atoms with E-state index >= 15 is 0 Å². The molecule has 0 spiro atoms. The van der Waals surface area contributed by atoms with Gasteiger partial charge in [0.05, 0.1) is 12.2 Å². The zero-order chi connectivity index (χ0) is 17.3. The first-order valence-electron chi connectivity index (χ1n) is 7.42. The summed E-state index contributed by atoms with van der Waals surface area (Å²) in [6, 6.07) is 9.32. The maximum Gasteiger partial charge on any atom is 0.511 e. The van der Waals surface area contributed by atoms with Crippen LogP contribution in [-0.4, -0.2) is 29.6 Å². The number of hydrogen-bond donors (Lipinski definition) is 1. The molecule has 0 saturated carbocycles. The molecule has 1 N–H and O–H groups in total. The minimum Gasteiger partial charge on any atom is -0.462 e. The van der Waals surface area contributed by atoms with E-state index in [2.05, 4.69) is 4.74 Å². The fourth-order valence-corrected chi connectivity index (χ4v) is 2.63. The van der Waals surface area contributed by atoms with Gasteiger partial charge in [0.1, 0.15) is 5.75 Å². The van der Waals surface area contributed by atoms with E-state index in [9.17, 15) is 14.4 Å². The van der Waals surface area contributed by atoms with Gasteiger partial charge in [-0.2, -0.15) is 0 Å². The van der Waals surface area contributed by atoms with Gasteiger partial charge >= 0.3 is 12.1 Å². The van der Waals surface area contributed by atoms with Crippen molar-refractivity contribution in [2.24, 2.45) is 0 Å². The highest BCUT2D eigenvalue weighted by atomic mass is 16.7. The molecule has 6 nitrogen and oxygen atoms in total. The molecular formula is C18H14O6. The van der Waals surface area contributed by atoms with Crippen molar-refractivity contribution in [3.63, 3.8) is 0 Å². The molecule has 0 heterocycles. The third-order valence-corrected chi connectivity index (χ3v) is 3.67. The lowest BCUT2D eigenvalue weighted by Gasteiger charge is -2.05. The predicted octanol–water partition coefficient (Wildman–Crippen LogP) is 3.52. The molecule has 0 aromatic heterocycles.